The molecule has 2 heterocycles. The van der Waals surface area contributed by atoms with Crippen LogP contribution >= 0.6 is 0 Å². The van der Waals surface area contributed by atoms with Crippen LogP contribution in [0.4, 0.5) is 33.7 Å². The van der Waals surface area contributed by atoms with E-state index in [2.05, 4.69) is 0 Å². The van der Waals surface area contributed by atoms with Gasteiger partial charge >= 0.3 is 12.5 Å². The molecule has 0 saturated carbocycles. The van der Waals surface area contributed by atoms with Gasteiger partial charge in [-0.1, -0.05) is 6.92 Å². The fraction of sp³-hybridized carbons (Fsp3) is 0.550. The summed E-state index contributed by atoms with van der Waals surface area (Å²) >= 11 is 0. The lowest BCUT2D eigenvalue weighted by Gasteiger charge is -2.24. The minimum absolute atomic E-state index is 0.0188. The van der Waals surface area contributed by atoms with Gasteiger partial charge in [0, 0.05) is 38.2 Å². The number of amides is 2. The molecule has 2 amide bonds. The maximum atomic E-state index is 14.9. The van der Waals surface area contributed by atoms with Gasteiger partial charge in [-0.25, -0.2) is 13.6 Å². The second-order valence-electron chi connectivity index (χ2n) is 7.50. The number of hydroxylamine groups is 2. The van der Waals surface area contributed by atoms with Gasteiger partial charge in [-0.15, -0.1) is 0 Å². The first kappa shape index (κ1) is 24.7. The van der Waals surface area contributed by atoms with E-state index in [1.165, 1.54) is 9.96 Å². The molecule has 2 saturated heterocycles. The predicted molar refractivity (Wildman–Crippen MR) is 108 cm³/mol. The largest absolute Gasteiger partial charge is 0.442 e. The molecule has 0 radical (unpaired) electrons. The third kappa shape index (κ3) is 6.11. The molecule has 182 valence electrons. The molecule has 2 fully saturated rings. The number of benzene rings is 1. The number of ether oxygens (including phenoxy) is 1. The zero-order chi connectivity index (χ0) is 24.1. The highest BCUT2D eigenvalue weighted by molar-refractivity contribution is 5.90. The number of Topliss-reactive ketones (excluding diaryl/α,β-unsaturated/α-hetero) is 1. The van der Waals surface area contributed by atoms with Gasteiger partial charge in [0.2, 0.25) is 0 Å². The van der Waals surface area contributed by atoms with E-state index in [1.54, 1.807) is 6.92 Å². The molecule has 1 aromatic rings. The Balaban J connectivity index is 1.67. The number of ketones is 1. The van der Waals surface area contributed by atoms with Crippen LogP contribution in [-0.2, 0) is 19.2 Å². The van der Waals surface area contributed by atoms with Crippen LogP contribution in [0.25, 0.3) is 0 Å². The lowest BCUT2D eigenvalue weighted by Crippen LogP contribution is -2.37. The van der Waals surface area contributed by atoms with Gasteiger partial charge in [0.15, 0.2) is 11.6 Å². The fourth-order valence-corrected chi connectivity index (χ4v) is 3.49. The first-order valence-electron chi connectivity index (χ1n) is 10.4. The molecule has 0 aromatic heterocycles. The SMILES string of the molecule is CCC(=O)CN1CCN(c2c(F)cc(N3C[C@H](CNC(=O)C(F)F)OC3=O)cc2F)CCO1. The molecule has 13 heteroatoms. The van der Waals surface area contributed by atoms with Gasteiger partial charge in [0.05, 0.1) is 31.9 Å². The van der Waals surface area contributed by atoms with Gasteiger partial charge in [0.25, 0.3) is 5.91 Å². The minimum Gasteiger partial charge on any atom is -0.442 e. The maximum Gasteiger partial charge on any atom is 0.414 e. The smallest absolute Gasteiger partial charge is 0.414 e. The van der Waals surface area contributed by atoms with E-state index >= 15 is 0 Å². The normalized spacial score (nSPS) is 19.6. The molecule has 0 aliphatic carbocycles. The molecule has 0 spiro atoms. The molecule has 1 N–H and O–H groups in total. The minimum atomic E-state index is -3.21. The quantitative estimate of drug-likeness (QED) is 0.572. The summed E-state index contributed by atoms with van der Waals surface area (Å²) in [4.78, 5) is 42.6. The Kier molecular flexibility index (Phi) is 8.08. The van der Waals surface area contributed by atoms with E-state index in [4.69, 9.17) is 9.57 Å². The van der Waals surface area contributed by atoms with Gasteiger partial charge in [0.1, 0.15) is 17.6 Å². The number of hydrogen-bond donors (Lipinski definition) is 1. The van der Waals surface area contributed by atoms with Crippen molar-refractivity contribution in [2.75, 3.05) is 55.7 Å². The van der Waals surface area contributed by atoms with E-state index in [0.717, 1.165) is 17.0 Å². The van der Waals surface area contributed by atoms with E-state index in [1.807, 2.05) is 5.32 Å². The van der Waals surface area contributed by atoms with Crippen LogP contribution in [0.2, 0.25) is 0 Å². The molecule has 1 aromatic carbocycles. The number of alkyl halides is 2. The Morgan fingerprint density at radius 3 is 2.52 bits per heavy atom. The molecule has 2 aliphatic rings. The van der Waals surface area contributed by atoms with Crippen molar-refractivity contribution >= 4 is 29.2 Å². The molecular formula is C20H24F4N4O5. The highest BCUT2D eigenvalue weighted by Gasteiger charge is 2.34. The molecule has 3 rings (SSSR count). The van der Waals surface area contributed by atoms with Gasteiger partial charge in [-0.2, -0.15) is 13.8 Å². The summed E-state index contributed by atoms with van der Waals surface area (Å²) in [7, 11) is 0. The summed E-state index contributed by atoms with van der Waals surface area (Å²) in [6, 6.07) is 1.95. The Labute approximate surface area is 187 Å². The van der Waals surface area contributed by atoms with Gasteiger partial charge < -0.3 is 15.0 Å². The molecule has 9 nitrogen and oxygen atoms in total. The van der Waals surface area contributed by atoms with Crippen molar-refractivity contribution in [3.8, 4) is 0 Å². The molecule has 1 atom stereocenters. The summed E-state index contributed by atoms with van der Waals surface area (Å²) in [6.07, 6.45) is -4.73. The molecule has 0 bridgehead atoms. The number of carbonyl (C=O) groups excluding carboxylic acids is 3. The van der Waals surface area contributed by atoms with Crippen LogP contribution in [0.15, 0.2) is 12.1 Å². The second-order valence-corrected chi connectivity index (χ2v) is 7.50. The first-order valence-corrected chi connectivity index (χ1v) is 10.4. The zero-order valence-electron chi connectivity index (χ0n) is 17.9. The summed E-state index contributed by atoms with van der Waals surface area (Å²) in [5.74, 6) is -3.35. The van der Waals surface area contributed by atoms with Crippen molar-refractivity contribution in [2.24, 2.45) is 0 Å². The van der Waals surface area contributed by atoms with Crippen LogP contribution in [0.5, 0.6) is 0 Å². The van der Waals surface area contributed by atoms with E-state index < -0.39 is 36.2 Å². The summed E-state index contributed by atoms with van der Waals surface area (Å²) in [5, 5.41) is 3.39. The molecule has 2 aliphatic heterocycles. The first-order chi connectivity index (χ1) is 15.7. The number of carbonyl (C=O) groups is 3. The molecular weight excluding hydrogens is 452 g/mol. The predicted octanol–water partition coefficient (Wildman–Crippen LogP) is 1.70. The standard InChI is InChI=1S/C20H24F4N4O5/c1-2-13(29)10-27-4-3-26(5-6-32-27)17-15(21)7-12(8-16(17)22)28-11-14(33-20(28)31)9-25-19(30)18(23)24/h7-8,14,18H,2-6,9-11H2,1H3,(H,25,30)/t14-/m0/s1. The number of halogens is 4. The topological polar surface area (TPSA) is 91.4 Å². The summed E-state index contributed by atoms with van der Waals surface area (Å²) < 4.78 is 59.3. The maximum absolute atomic E-state index is 14.9. The van der Waals surface area contributed by atoms with Crippen LogP contribution in [0.1, 0.15) is 13.3 Å². The average Bonchev–Trinajstić information content (AvgIpc) is 2.99. The number of anilines is 2. The van der Waals surface area contributed by atoms with E-state index in [9.17, 15) is 31.9 Å². The monoisotopic (exact) mass is 476 g/mol. The van der Waals surface area contributed by atoms with Crippen molar-refractivity contribution in [2.45, 2.75) is 25.9 Å². The van der Waals surface area contributed by atoms with Crippen molar-refractivity contribution in [3.05, 3.63) is 23.8 Å². The lowest BCUT2D eigenvalue weighted by molar-refractivity contribution is -0.158. The van der Waals surface area contributed by atoms with Crippen LogP contribution in [0, 0.1) is 11.6 Å². The van der Waals surface area contributed by atoms with Crippen molar-refractivity contribution in [1.82, 2.24) is 10.4 Å². The van der Waals surface area contributed by atoms with Crippen LogP contribution < -0.4 is 15.1 Å². The Hall–Kier alpha value is -2.93. The second kappa shape index (κ2) is 10.8. The Bertz CT molecular complexity index is 880. The molecule has 33 heavy (non-hydrogen) atoms. The zero-order valence-corrected chi connectivity index (χ0v) is 17.9. The number of nitrogens with zero attached hydrogens (tertiary/aromatic N) is 3. The van der Waals surface area contributed by atoms with Crippen molar-refractivity contribution < 1.29 is 41.5 Å². The third-order valence-electron chi connectivity index (χ3n) is 5.21. The van der Waals surface area contributed by atoms with Crippen LogP contribution in [0.3, 0.4) is 0 Å². The fourth-order valence-electron chi connectivity index (χ4n) is 3.49. The summed E-state index contributed by atoms with van der Waals surface area (Å²) in [5.41, 5.74) is -0.401. The summed E-state index contributed by atoms with van der Waals surface area (Å²) in [6.45, 7) is 2.06. The van der Waals surface area contributed by atoms with Gasteiger partial charge in [-0.3, -0.25) is 19.3 Å². The Morgan fingerprint density at radius 1 is 1.18 bits per heavy atom. The van der Waals surface area contributed by atoms with Crippen molar-refractivity contribution in [3.63, 3.8) is 0 Å². The lowest BCUT2D eigenvalue weighted by atomic mass is 10.2. The number of hydrogen-bond acceptors (Lipinski definition) is 7. The van der Waals surface area contributed by atoms with Crippen molar-refractivity contribution in [1.29, 1.82) is 0 Å². The number of cyclic esters (lactones) is 1. The van der Waals surface area contributed by atoms with Crippen LogP contribution in [-0.4, -0.2) is 81.3 Å². The average molecular weight is 476 g/mol. The highest BCUT2D eigenvalue weighted by Crippen LogP contribution is 2.31. The van der Waals surface area contributed by atoms with Gasteiger partial charge in [-0.05, 0) is 0 Å². The number of rotatable bonds is 8. The molecule has 0 unspecified atom stereocenters. The van der Waals surface area contributed by atoms with E-state index in [0.29, 0.717) is 6.42 Å². The Morgan fingerprint density at radius 2 is 1.88 bits per heavy atom. The highest BCUT2D eigenvalue weighted by atomic mass is 19.3. The number of nitrogens with one attached hydrogen (secondary N) is 1. The van der Waals surface area contributed by atoms with E-state index in [-0.39, 0.29) is 63.0 Å². The third-order valence-corrected chi connectivity index (χ3v) is 5.21.